The topological polar surface area (TPSA) is 48.8 Å². The van der Waals surface area contributed by atoms with Crippen molar-refractivity contribution in [3.63, 3.8) is 0 Å². The molecule has 20 heavy (non-hydrogen) atoms. The van der Waals surface area contributed by atoms with Gasteiger partial charge in [-0.1, -0.05) is 13.3 Å². The number of nitrogens with zero attached hydrogens (tertiary/aromatic N) is 4. The molecule has 0 bridgehead atoms. The molecule has 0 aliphatic rings. The van der Waals surface area contributed by atoms with E-state index in [0.717, 1.165) is 41.3 Å². The third-order valence-corrected chi connectivity index (χ3v) is 3.61. The molecule has 0 aliphatic carbocycles. The van der Waals surface area contributed by atoms with E-state index in [9.17, 15) is 0 Å². The first-order chi connectivity index (χ1) is 9.74. The van der Waals surface area contributed by atoms with Gasteiger partial charge in [-0.25, -0.2) is 4.98 Å². The molecule has 0 saturated heterocycles. The van der Waals surface area contributed by atoms with Crippen molar-refractivity contribution in [2.24, 2.45) is 7.05 Å². The molecule has 5 nitrogen and oxygen atoms in total. The Bertz CT molecular complexity index is 711. The van der Waals surface area contributed by atoms with Gasteiger partial charge in [0.05, 0.1) is 24.4 Å². The summed E-state index contributed by atoms with van der Waals surface area (Å²) in [4.78, 5) is 4.66. The second-order valence-corrected chi connectivity index (χ2v) is 5.09. The molecule has 3 aromatic rings. The number of furan rings is 1. The highest BCUT2D eigenvalue weighted by atomic mass is 35.5. The van der Waals surface area contributed by atoms with Gasteiger partial charge in [0.15, 0.2) is 5.65 Å². The number of fused-ring (bicyclic) bond motifs is 1. The third-order valence-electron chi connectivity index (χ3n) is 3.37. The summed E-state index contributed by atoms with van der Waals surface area (Å²) >= 11 is 6.04. The number of aromatic nitrogens is 4. The predicted octanol–water partition coefficient (Wildman–Crippen LogP) is 3.10. The first-order valence-corrected chi connectivity index (χ1v) is 7.27. The lowest BCUT2D eigenvalue weighted by molar-refractivity contribution is 0.491. The molecule has 0 atom stereocenters. The zero-order valence-corrected chi connectivity index (χ0v) is 12.4. The van der Waals surface area contributed by atoms with E-state index < -0.39 is 0 Å². The zero-order chi connectivity index (χ0) is 14.1. The summed E-state index contributed by atoms with van der Waals surface area (Å²) in [6.45, 7) is 2.76. The van der Waals surface area contributed by atoms with Crippen molar-refractivity contribution in [3.05, 3.63) is 35.7 Å². The molecule has 3 aromatic heterocycles. The number of rotatable bonds is 5. The van der Waals surface area contributed by atoms with Crippen molar-refractivity contribution in [1.82, 2.24) is 19.3 Å². The summed E-state index contributed by atoms with van der Waals surface area (Å²) in [5, 5.41) is 4.56. The maximum absolute atomic E-state index is 6.04. The lowest BCUT2D eigenvalue weighted by atomic mass is 10.2. The second kappa shape index (κ2) is 5.32. The number of halogens is 1. The molecule has 3 heterocycles. The van der Waals surface area contributed by atoms with Gasteiger partial charge in [-0.2, -0.15) is 5.10 Å². The van der Waals surface area contributed by atoms with Crippen LogP contribution in [0.3, 0.4) is 0 Å². The molecule has 0 fully saturated rings. The Morgan fingerprint density at radius 3 is 2.90 bits per heavy atom. The number of imidazole rings is 1. The molecule has 0 aliphatic heterocycles. The molecule has 0 amide bonds. The van der Waals surface area contributed by atoms with Crippen molar-refractivity contribution in [3.8, 4) is 0 Å². The van der Waals surface area contributed by atoms with Crippen LogP contribution in [0.1, 0.15) is 30.6 Å². The van der Waals surface area contributed by atoms with Crippen LogP contribution >= 0.6 is 11.6 Å². The van der Waals surface area contributed by atoms with E-state index in [4.69, 9.17) is 16.0 Å². The van der Waals surface area contributed by atoms with Crippen LogP contribution in [-0.2, 0) is 25.9 Å². The minimum atomic E-state index is 0.376. The fourth-order valence-corrected chi connectivity index (χ4v) is 2.72. The number of hydrogen-bond acceptors (Lipinski definition) is 3. The molecule has 3 rings (SSSR count). The maximum atomic E-state index is 6.04. The smallest absolute Gasteiger partial charge is 0.159 e. The highest BCUT2D eigenvalue weighted by Crippen LogP contribution is 2.23. The average molecular weight is 293 g/mol. The fraction of sp³-hybridized carbons (Fsp3) is 0.429. The average Bonchev–Trinajstić information content (AvgIpc) is 3.11. The minimum absolute atomic E-state index is 0.376. The van der Waals surface area contributed by atoms with E-state index in [-0.39, 0.29) is 0 Å². The monoisotopic (exact) mass is 292 g/mol. The van der Waals surface area contributed by atoms with E-state index in [2.05, 4.69) is 21.6 Å². The standard InChI is InChI=1S/C14H17ClN4O/c1-3-5-11-13-14(18(2)17-11)19(12(8-15)16-13)9-10-6-4-7-20-10/h4,6-7H,3,5,8-9H2,1-2H3. The summed E-state index contributed by atoms with van der Waals surface area (Å²) in [5.74, 6) is 2.11. The maximum Gasteiger partial charge on any atom is 0.159 e. The quantitative estimate of drug-likeness (QED) is 0.679. The van der Waals surface area contributed by atoms with Crippen LogP contribution in [0.15, 0.2) is 22.8 Å². The molecule has 0 saturated carbocycles. The second-order valence-electron chi connectivity index (χ2n) is 4.82. The van der Waals surface area contributed by atoms with Crippen LogP contribution in [0, 0.1) is 0 Å². The summed E-state index contributed by atoms with van der Waals surface area (Å²) in [5.41, 5.74) is 2.99. The Morgan fingerprint density at radius 1 is 1.40 bits per heavy atom. The highest BCUT2D eigenvalue weighted by Gasteiger charge is 2.19. The van der Waals surface area contributed by atoms with E-state index in [0.29, 0.717) is 12.4 Å². The van der Waals surface area contributed by atoms with Crippen LogP contribution in [0.5, 0.6) is 0 Å². The van der Waals surface area contributed by atoms with E-state index in [1.54, 1.807) is 6.26 Å². The fourth-order valence-electron chi connectivity index (χ4n) is 2.52. The summed E-state index contributed by atoms with van der Waals surface area (Å²) in [6.07, 6.45) is 3.65. The van der Waals surface area contributed by atoms with Gasteiger partial charge in [0.1, 0.15) is 17.1 Å². The van der Waals surface area contributed by atoms with Crippen LogP contribution in [0.4, 0.5) is 0 Å². The molecule has 106 valence electrons. The Labute approximate surface area is 122 Å². The Hall–Kier alpha value is -1.75. The molecular formula is C14H17ClN4O. The Morgan fingerprint density at radius 2 is 2.25 bits per heavy atom. The normalized spacial score (nSPS) is 11.6. The molecule has 0 radical (unpaired) electrons. The lowest BCUT2D eigenvalue weighted by Gasteiger charge is -2.05. The predicted molar refractivity (Wildman–Crippen MR) is 77.9 cm³/mol. The van der Waals surface area contributed by atoms with Gasteiger partial charge in [0.2, 0.25) is 0 Å². The molecule has 0 N–H and O–H groups in total. The minimum Gasteiger partial charge on any atom is -0.467 e. The van der Waals surface area contributed by atoms with E-state index in [1.165, 1.54) is 0 Å². The lowest BCUT2D eigenvalue weighted by Crippen LogP contribution is -2.07. The molecule has 0 unspecified atom stereocenters. The van der Waals surface area contributed by atoms with Gasteiger partial charge < -0.3 is 8.98 Å². The summed E-state index contributed by atoms with van der Waals surface area (Å²) in [7, 11) is 1.94. The largest absolute Gasteiger partial charge is 0.467 e. The van der Waals surface area contributed by atoms with Crippen LogP contribution < -0.4 is 0 Å². The van der Waals surface area contributed by atoms with Gasteiger partial charge in [0, 0.05) is 7.05 Å². The first-order valence-electron chi connectivity index (χ1n) is 6.74. The van der Waals surface area contributed by atoms with Gasteiger partial charge in [-0.3, -0.25) is 4.68 Å². The third kappa shape index (κ3) is 2.12. The van der Waals surface area contributed by atoms with Crippen LogP contribution in [0.25, 0.3) is 11.2 Å². The molecule has 0 aromatic carbocycles. The highest BCUT2D eigenvalue weighted by molar-refractivity contribution is 6.16. The van der Waals surface area contributed by atoms with Crippen molar-refractivity contribution in [2.75, 3.05) is 0 Å². The molecule has 0 spiro atoms. The summed E-state index contributed by atoms with van der Waals surface area (Å²) < 4.78 is 9.39. The number of aryl methyl sites for hydroxylation is 2. The van der Waals surface area contributed by atoms with E-state index in [1.807, 2.05) is 23.9 Å². The van der Waals surface area contributed by atoms with Crippen molar-refractivity contribution in [1.29, 1.82) is 0 Å². The molecular weight excluding hydrogens is 276 g/mol. The van der Waals surface area contributed by atoms with Gasteiger partial charge in [0.25, 0.3) is 0 Å². The Balaban J connectivity index is 2.13. The van der Waals surface area contributed by atoms with E-state index >= 15 is 0 Å². The van der Waals surface area contributed by atoms with Crippen molar-refractivity contribution >= 4 is 22.8 Å². The Kier molecular flexibility index (Phi) is 3.53. The van der Waals surface area contributed by atoms with Crippen LogP contribution in [-0.4, -0.2) is 19.3 Å². The van der Waals surface area contributed by atoms with Crippen LogP contribution in [0.2, 0.25) is 0 Å². The van der Waals surface area contributed by atoms with Crippen molar-refractivity contribution in [2.45, 2.75) is 32.2 Å². The van der Waals surface area contributed by atoms with Gasteiger partial charge in [-0.05, 0) is 18.6 Å². The van der Waals surface area contributed by atoms with Gasteiger partial charge in [-0.15, -0.1) is 11.6 Å². The number of hydrogen-bond donors (Lipinski definition) is 0. The van der Waals surface area contributed by atoms with Gasteiger partial charge >= 0.3 is 0 Å². The van der Waals surface area contributed by atoms with Crippen molar-refractivity contribution < 1.29 is 4.42 Å². The number of alkyl halides is 1. The molecule has 6 heteroatoms. The zero-order valence-electron chi connectivity index (χ0n) is 11.6. The SMILES string of the molecule is CCCc1nn(C)c2c1nc(CCl)n2Cc1ccco1. The summed E-state index contributed by atoms with van der Waals surface area (Å²) in [6, 6.07) is 3.84. The first kappa shape index (κ1) is 13.2.